The van der Waals surface area contributed by atoms with Gasteiger partial charge in [-0.25, -0.2) is 0 Å². The van der Waals surface area contributed by atoms with Gasteiger partial charge in [-0.2, -0.15) is 0 Å². The maximum Gasteiger partial charge on any atom is 0.127 e. The average Bonchev–Trinajstić information content (AvgIpc) is 2.54. The summed E-state index contributed by atoms with van der Waals surface area (Å²) in [6, 6.07) is 14.9. The largest absolute Gasteiger partial charge is 0.483 e. The number of rotatable bonds is 1. The van der Waals surface area contributed by atoms with Gasteiger partial charge in [0.05, 0.1) is 0 Å². The van der Waals surface area contributed by atoms with Crippen LogP contribution >= 0.6 is 0 Å². The summed E-state index contributed by atoms with van der Waals surface area (Å²) in [6.45, 7) is 8.48. The highest BCUT2D eigenvalue weighted by Gasteiger charge is 2.23. The summed E-state index contributed by atoms with van der Waals surface area (Å²) in [6.07, 6.45) is 7.51. The van der Waals surface area contributed by atoms with Crippen LogP contribution in [-0.4, -0.2) is 5.60 Å². The highest BCUT2D eigenvalue weighted by Crippen LogP contribution is 2.39. The zero-order valence-corrected chi connectivity index (χ0v) is 13.6. The van der Waals surface area contributed by atoms with Crippen LogP contribution in [0.1, 0.15) is 36.1 Å². The summed E-state index contributed by atoms with van der Waals surface area (Å²) in [5.41, 5.74) is 7.05. The molecule has 1 nitrogen and oxygen atoms in total. The predicted molar refractivity (Wildman–Crippen MR) is 97.3 cm³/mol. The molecule has 1 aliphatic heterocycles. The van der Waals surface area contributed by atoms with Gasteiger partial charge < -0.3 is 4.74 Å². The van der Waals surface area contributed by atoms with E-state index < -0.39 is 0 Å². The molecule has 0 amide bonds. The molecule has 1 heteroatoms. The summed E-state index contributed by atoms with van der Waals surface area (Å²) in [5.74, 6) is 0.948. The van der Waals surface area contributed by atoms with Crippen LogP contribution in [0.2, 0.25) is 0 Å². The minimum Gasteiger partial charge on any atom is -0.483 e. The molecule has 23 heavy (non-hydrogen) atoms. The van der Waals surface area contributed by atoms with Crippen LogP contribution in [-0.2, 0) is 6.42 Å². The summed E-state index contributed by atoms with van der Waals surface area (Å²) >= 11 is 0. The second kappa shape index (κ2) is 4.99. The summed E-state index contributed by atoms with van der Waals surface area (Å²) < 4.78 is 6.02. The fourth-order valence-corrected chi connectivity index (χ4v) is 3.31. The lowest BCUT2D eigenvalue weighted by atomic mass is 9.84. The molecule has 0 aromatic heterocycles. The first-order valence-electron chi connectivity index (χ1n) is 8.04. The third-order valence-corrected chi connectivity index (χ3v) is 4.55. The molecule has 0 N–H and O–H groups in total. The molecule has 0 spiro atoms. The van der Waals surface area contributed by atoms with Gasteiger partial charge in [0.2, 0.25) is 0 Å². The van der Waals surface area contributed by atoms with E-state index in [0.717, 1.165) is 23.3 Å². The molecule has 1 heterocycles. The van der Waals surface area contributed by atoms with E-state index in [1.54, 1.807) is 0 Å². The van der Waals surface area contributed by atoms with Crippen LogP contribution < -0.4 is 4.74 Å². The molecule has 0 saturated carbocycles. The zero-order chi connectivity index (χ0) is 16.0. The fourth-order valence-electron chi connectivity index (χ4n) is 3.31. The van der Waals surface area contributed by atoms with Crippen molar-refractivity contribution in [2.24, 2.45) is 0 Å². The van der Waals surface area contributed by atoms with Crippen LogP contribution in [0.3, 0.4) is 0 Å². The van der Waals surface area contributed by atoms with E-state index in [2.05, 4.69) is 81.1 Å². The molecule has 4 rings (SSSR count). The van der Waals surface area contributed by atoms with Gasteiger partial charge in [-0.15, -0.1) is 0 Å². The molecule has 0 radical (unpaired) electrons. The Hall–Kier alpha value is -2.54. The lowest BCUT2D eigenvalue weighted by Gasteiger charge is -2.28. The highest BCUT2D eigenvalue weighted by atomic mass is 16.5. The lowest BCUT2D eigenvalue weighted by Crippen LogP contribution is -2.27. The first-order valence-corrected chi connectivity index (χ1v) is 8.04. The molecule has 0 bridgehead atoms. The molecule has 2 aliphatic rings. The maximum absolute atomic E-state index is 6.02. The van der Waals surface area contributed by atoms with Crippen LogP contribution in [0.15, 0.2) is 61.2 Å². The quantitative estimate of drug-likeness (QED) is 0.673. The molecule has 1 aliphatic carbocycles. The number of hydrogen-bond donors (Lipinski definition) is 0. The van der Waals surface area contributed by atoms with Gasteiger partial charge in [0.25, 0.3) is 0 Å². The Morgan fingerprint density at radius 1 is 1.09 bits per heavy atom. The molecular weight excluding hydrogens is 280 g/mol. The molecule has 0 saturated heterocycles. The number of benzene rings is 2. The minimum atomic E-state index is -0.235. The second-order valence-electron chi connectivity index (χ2n) is 6.75. The molecule has 0 atom stereocenters. The van der Waals surface area contributed by atoms with Crippen LogP contribution in [0.5, 0.6) is 5.75 Å². The first kappa shape index (κ1) is 14.1. The van der Waals surface area contributed by atoms with Crippen molar-refractivity contribution >= 4 is 17.2 Å². The normalized spacial score (nSPS) is 17.8. The summed E-state index contributed by atoms with van der Waals surface area (Å²) in [5, 5.41) is 0. The fraction of sp³-hybridized carbons (Fsp3) is 0.182. The third kappa shape index (κ3) is 2.43. The lowest BCUT2D eigenvalue weighted by molar-refractivity contribution is 0.159. The van der Waals surface area contributed by atoms with Crippen molar-refractivity contribution in [1.82, 2.24) is 0 Å². The second-order valence-corrected chi connectivity index (χ2v) is 6.75. The summed E-state index contributed by atoms with van der Waals surface area (Å²) in [4.78, 5) is 0. The average molecular weight is 300 g/mol. The Morgan fingerprint density at radius 3 is 2.78 bits per heavy atom. The van der Waals surface area contributed by atoms with Crippen molar-refractivity contribution in [2.45, 2.75) is 25.9 Å². The molecular formula is C22H20O. The number of fused-ring (bicyclic) bond motifs is 2. The monoisotopic (exact) mass is 300 g/mol. The van der Waals surface area contributed by atoms with E-state index in [-0.39, 0.29) is 5.60 Å². The van der Waals surface area contributed by atoms with Gasteiger partial charge in [-0.3, -0.25) is 0 Å². The number of hydrogen-bond acceptors (Lipinski definition) is 1. The first-order chi connectivity index (χ1) is 11.0. The Balaban J connectivity index is 1.73. The third-order valence-electron chi connectivity index (χ3n) is 4.55. The number of ether oxygens (including phenoxy) is 1. The smallest absolute Gasteiger partial charge is 0.127 e. The van der Waals surface area contributed by atoms with E-state index in [1.165, 1.54) is 22.3 Å². The SMILES string of the molecule is C=C1C(c2ccc3c(c2)C=CC(C)(C)O3)=CCc2ccccc21. The van der Waals surface area contributed by atoms with Gasteiger partial charge in [0.15, 0.2) is 0 Å². The maximum atomic E-state index is 6.02. The van der Waals surface area contributed by atoms with Crippen LogP contribution in [0.4, 0.5) is 0 Å². The van der Waals surface area contributed by atoms with Gasteiger partial charge in [0.1, 0.15) is 11.4 Å². The van der Waals surface area contributed by atoms with Gasteiger partial charge in [0, 0.05) is 5.56 Å². The standard InChI is InChI=1S/C22H20O/c1-15-19-7-5-4-6-16(19)8-10-20(15)17-9-11-21-18(14-17)12-13-22(2,3)23-21/h4-7,9-14H,1,8H2,2-3H3. The Kier molecular flexibility index (Phi) is 3.05. The molecule has 2 aromatic carbocycles. The highest BCUT2D eigenvalue weighted by molar-refractivity contribution is 6.06. The van der Waals surface area contributed by atoms with Crippen LogP contribution in [0, 0.1) is 0 Å². The Morgan fingerprint density at radius 2 is 1.91 bits per heavy atom. The molecule has 2 aromatic rings. The van der Waals surface area contributed by atoms with E-state index in [0.29, 0.717) is 0 Å². The topological polar surface area (TPSA) is 9.23 Å². The Labute approximate surface area is 137 Å². The van der Waals surface area contributed by atoms with Crippen LogP contribution in [0.25, 0.3) is 17.2 Å². The predicted octanol–water partition coefficient (Wildman–Crippen LogP) is 5.52. The van der Waals surface area contributed by atoms with Gasteiger partial charge in [-0.05, 0) is 66.3 Å². The van der Waals surface area contributed by atoms with Crippen molar-refractivity contribution in [2.75, 3.05) is 0 Å². The van der Waals surface area contributed by atoms with Gasteiger partial charge in [-0.1, -0.05) is 49.1 Å². The van der Waals surface area contributed by atoms with Crippen molar-refractivity contribution in [1.29, 1.82) is 0 Å². The zero-order valence-electron chi connectivity index (χ0n) is 13.6. The van der Waals surface area contributed by atoms with E-state index >= 15 is 0 Å². The van der Waals surface area contributed by atoms with E-state index in [4.69, 9.17) is 4.74 Å². The summed E-state index contributed by atoms with van der Waals surface area (Å²) in [7, 11) is 0. The molecule has 114 valence electrons. The molecule has 0 unspecified atom stereocenters. The van der Waals surface area contributed by atoms with Crippen molar-refractivity contribution in [3.8, 4) is 5.75 Å². The Bertz CT molecular complexity index is 865. The van der Waals surface area contributed by atoms with E-state index in [1.807, 2.05) is 0 Å². The molecule has 0 fully saturated rings. The van der Waals surface area contributed by atoms with Crippen molar-refractivity contribution < 1.29 is 4.74 Å². The minimum absolute atomic E-state index is 0.235. The number of allylic oxidation sites excluding steroid dienone is 3. The van der Waals surface area contributed by atoms with Gasteiger partial charge >= 0.3 is 0 Å². The van der Waals surface area contributed by atoms with Crippen molar-refractivity contribution in [3.05, 3.63) is 83.4 Å². The van der Waals surface area contributed by atoms with E-state index in [9.17, 15) is 0 Å². The van der Waals surface area contributed by atoms with Crippen molar-refractivity contribution in [3.63, 3.8) is 0 Å².